The van der Waals surface area contributed by atoms with Gasteiger partial charge in [0.2, 0.25) is 0 Å². The molecule has 0 aliphatic heterocycles. The van der Waals surface area contributed by atoms with E-state index >= 15 is 0 Å². The number of carbonyl (C=O) groups is 1. The summed E-state index contributed by atoms with van der Waals surface area (Å²) in [5.74, 6) is 2.24. The van der Waals surface area contributed by atoms with Crippen LogP contribution in [-0.2, 0) is 0 Å². The van der Waals surface area contributed by atoms with Crippen LogP contribution in [0.2, 0.25) is 0 Å². The topological polar surface area (TPSA) is 78.4 Å². The highest BCUT2D eigenvalue weighted by Crippen LogP contribution is 2.33. The largest absolute Gasteiger partial charge is 0.496 e. The SMILES string of the molecule is COc1cc(OC)c(OC)cc1C=NNC(=O)c1ccccc1Oc1ccccc1. The molecule has 0 unspecified atom stereocenters. The van der Waals surface area contributed by atoms with E-state index in [1.807, 2.05) is 30.3 Å². The molecule has 0 saturated heterocycles. The van der Waals surface area contributed by atoms with E-state index in [9.17, 15) is 4.79 Å². The van der Waals surface area contributed by atoms with Crippen molar-refractivity contribution in [1.29, 1.82) is 0 Å². The van der Waals surface area contributed by atoms with Crippen LogP contribution in [-0.4, -0.2) is 33.5 Å². The molecule has 0 aliphatic rings. The van der Waals surface area contributed by atoms with E-state index in [2.05, 4.69) is 10.5 Å². The van der Waals surface area contributed by atoms with E-state index in [0.717, 1.165) is 0 Å². The number of carbonyl (C=O) groups excluding carboxylic acids is 1. The third-order valence-electron chi connectivity index (χ3n) is 4.21. The van der Waals surface area contributed by atoms with Crippen LogP contribution in [0.4, 0.5) is 0 Å². The molecule has 0 bridgehead atoms. The molecule has 1 N–H and O–H groups in total. The third kappa shape index (κ3) is 4.88. The number of methoxy groups -OCH3 is 3. The molecule has 3 rings (SSSR count). The first kappa shape index (κ1) is 20.7. The molecule has 1 amide bonds. The Morgan fingerprint density at radius 2 is 1.43 bits per heavy atom. The standard InChI is InChI=1S/C23H22N2O5/c1-27-20-14-22(29-3)21(28-2)13-16(20)15-24-25-23(26)18-11-7-8-12-19(18)30-17-9-5-4-6-10-17/h4-15H,1-3H3,(H,25,26). The van der Waals surface area contributed by atoms with Crippen LogP contribution < -0.4 is 24.4 Å². The average molecular weight is 406 g/mol. The molecule has 7 nitrogen and oxygen atoms in total. The number of hydrazone groups is 1. The normalized spacial score (nSPS) is 10.5. The van der Waals surface area contributed by atoms with E-state index in [1.54, 1.807) is 43.5 Å². The second-order valence-corrected chi connectivity index (χ2v) is 6.06. The monoisotopic (exact) mass is 406 g/mol. The van der Waals surface area contributed by atoms with Gasteiger partial charge in [0.05, 0.1) is 33.1 Å². The number of para-hydroxylation sites is 2. The van der Waals surface area contributed by atoms with E-state index in [4.69, 9.17) is 18.9 Å². The van der Waals surface area contributed by atoms with Crippen LogP contribution in [0.5, 0.6) is 28.7 Å². The number of hydrogen-bond acceptors (Lipinski definition) is 6. The summed E-state index contributed by atoms with van der Waals surface area (Å²) in [6.45, 7) is 0. The maximum Gasteiger partial charge on any atom is 0.275 e. The highest BCUT2D eigenvalue weighted by Gasteiger charge is 2.13. The molecule has 0 aromatic heterocycles. The fourth-order valence-electron chi connectivity index (χ4n) is 2.73. The minimum atomic E-state index is -0.405. The Kier molecular flexibility index (Phi) is 6.89. The molecule has 3 aromatic carbocycles. The first-order chi connectivity index (χ1) is 14.7. The summed E-state index contributed by atoms with van der Waals surface area (Å²) >= 11 is 0. The first-order valence-corrected chi connectivity index (χ1v) is 9.11. The Morgan fingerprint density at radius 3 is 2.13 bits per heavy atom. The van der Waals surface area contributed by atoms with Crippen LogP contribution in [0.3, 0.4) is 0 Å². The molecule has 0 fully saturated rings. The van der Waals surface area contributed by atoms with Crippen LogP contribution in [0.1, 0.15) is 15.9 Å². The molecule has 30 heavy (non-hydrogen) atoms. The summed E-state index contributed by atoms with van der Waals surface area (Å²) in [5.41, 5.74) is 3.49. The number of benzene rings is 3. The van der Waals surface area contributed by atoms with Crippen LogP contribution >= 0.6 is 0 Å². The maximum absolute atomic E-state index is 12.6. The number of ether oxygens (including phenoxy) is 4. The summed E-state index contributed by atoms with van der Waals surface area (Å²) in [6, 6.07) is 19.6. The summed E-state index contributed by atoms with van der Waals surface area (Å²) in [4.78, 5) is 12.6. The molecular weight excluding hydrogens is 384 g/mol. The van der Waals surface area contributed by atoms with Gasteiger partial charge in [-0.2, -0.15) is 5.10 Å². The molecule has 0 atom stereocenters. The Labute approximate surface area is 174 Å². The van der Waals surface area contributed by atoms with Gasteiger partial charge >= 0.3 is 0 Å². The van der Waals surface area contributed by atoms with Crippen molar-refractivity contribution in [2.75, 3.05) is 21.3 Å². The van der Waals surface area contributed by atoms with Crippen molar-refractivity contribution in [2.24, 2.45) is 5.10 Å². The van der Waals surface area contributed by atoms with Gasteiger partial charge in [-0.15, -0.1) is 0 Å². The van der Waals surface area contributed by atoms with Gasteiger partial charge < -0.3 is 18.9 Å². The Balaban J connectivity index is 1.77. The number of hydrogen-bond donors (Lipinski definition) is 1. The predicted octanol–water partition coefficient (Wildman–Crippen LogP) is 4.27. The van der Waals surface area contributed by atoms with Crippen molar-refractivity contribution in [1.82, 2.24) is 5.43 Å². The van der Waals surface area contributed by atoms with Crippen molar-refractivity contribution >= 4 is 12.1 Å². The number of nitrogens with zero attached hydrogens (tertiary/aromatic N) is 1. The molecule has 7 heteroatoms. The van der Waals surface area contributed by atoms with Gasteiger partial charge in [0.15, 0.2) is 11.5 Å². The Morgan fingerprint density at radius 1 is 0.800 bits per heavy atom. The van der Waals surface area contributed by atoms with Crippen molar-refractivity contribution in [2.45, 2.75) is 0 Å². The van der Waals surface area contributed by atoms with Crippen LogP contribution in [0.25, 0.3) is 0 Å². The summed E-state index contributed by atoms with van der Waals surface area (Å²) < 4.78 is 21.7. The fourth-order valence-corrected chi connectivity index (χ4v) is 2.73. The molecule has 0 saturated carbocycles. The molecule has 0 radical (unpaired) electrons. The fraction of sp³-hybridized carbons (Fsp3) is 0.130. The lowest BCUT2D eigenvalue weighted by Gasteiger charge is -2.12. The Hall–Kier alpha value is -4.00. The van der Waals surface area contributed by atoms with Crippen molar-refractivity contribution in [3.8, 4) is 28.7 Å². The van der Waals surface area contributed by atoms with Gasteiger partial charge in [0.25, 0.3) is 5.91 Å². The second kappa shape index (κ2) is 9.97. The van der Waals surface area contributed by atoms with Crippen molar-refractivity contribution < 1.29 is 23.7 Å². The van der Waals surface area contributed by atoms with E-state index in [-0.39, 0.29) is 0 Å². The summed E-state index contributed by atoms with van der Waals surface area (Å²) in [6.07, 6.45) is 1.47. The minimum Gasteiger partial charge on any atom is -0.496 e. The van der Waals surface area contributed by atoms with E-state index in [1.165, 1.54) is 20.4 Å². The van der Waals surface area contributed by atoms with Gasteiger partial charge in [0, 0.05) is 11.6 Å². The van der Waals surface area contributed by atoms with E-state index in [0.29, 0.717) is 39.9 Å². The van der Waals surface area contributed by atoms with E-state index < -0.39 is 5.91 Å². The predicted molar refractivity (Wildman–Crippen MR) is 114 cm³/mol. The lowest BCUT2D eigenvalue weighted by molar-refractivity contribution is 0.0953. The molecule has 0 heterocycles. The highest BCUT2D eigenvalue weighted by atomic mass is 16.5. The quantitative estimate of drug-likeness (QED) is 0.447. The molecular formula is C23H22N2O5. The lowest BCUT2D eigenvalue weighted by atomic mass is 10.2. The second-order valence-electron chi connectivity index (χ2n) is 6.06. The number of amides is 1. The van der Waals surface area contributed by atoms with Crippen LogP contribution in [0.15, 0.2) is 71.8 Å². The zero-order chi connectivity index (χ0) is 21.3. The van der Waals surface area contributed by atoms with Gasteiger partial charge in [-0.3, -0.25) is 4.79 Å². The lowest BCUT2D eigenvalue weighted by Crippen LogP contribution is -2.18. The van der Waals surface area contributed by atoms with Gasteiger partial charge in [-0.25, -0.2) is 5.43 Å². The maximum atomic E-state index is 12.6. The van der Waals surface area contributed by atoms with Crippen molar-refractivity contribution in [3.05, 3.63) is 77.9 Å². The van der Waals surface area contributed by atoms with Gasteiger partial charge in [-0.1, -0.05) is 30.3 Å². The molecule has 3 aromatic rings. The number of rotatable bonds is 8. The third-order valence-corrected chi connectivity index (χ3v) is 4.21. The van der Waals surface area contributed by atoms with Crippen LogP contribution in [0, 0.1) is 0 Å². The minimum absolute atomic E-state index is 0.359. The van der Waals surface area contributed by atoms with Gasteiger partial charge in [-0.05, 0) is 30.3 Å². The zero-order valence-corrected chi connectivity index (χ0v) is 16.9. The first-order valence-electron chi connectivity index (χ1n) is 9.11. The zero-order valence-electron chi connectivity index (χ0n) is 16.9. The Bertz CT molecular complexity index is 1040. The van der Waals surface area contributed by atoms with Gasteiger partial charge in [0.1, 0.15) is 17.2 Å². The molecule has 0 spiro atoms. The molecule has 154 valence electrons. The summed E-state index contributed by atoms with van der Waals surface area (Å²) in [7, 11) is 4.62. The number of nitrogens with one attached hydrogen (secondary N) is 1. The van der Waals surface area contributed by atoms with Crippen molar-refractivity contribution in [3.63, 3.8) is 0 Å². The average Bonchev–Trinajstić information content (AvgIpc) is 2.79. The smallest absolute Gasteiger partial charge is 0.275 e. The summed E-state index contributed by atoms with van der Waals surface area (Å²) in [5, 5.41) is 4.05. The molecule has 0 aliphatic carbocycles. The highest BCUT2D eigenvalue weighted by molar-refractivity contribution is 5.97.